The molecule has 16 heteroatoms. The first-order valence-electron chi connectivity index (χ1n) is 17.1. The van der Waals surface area contributed by atoms with Gasteiger partial charge in [-0.3, -0.25) is 19.4 Å². The molecule has 0 bridgehead atoms. The van der Waals surface area contributed by atoms with Gasteiger partial charge in [-0.1, -0.05) is 23.2 Å². The van der Waals surface area contributed by atoms with Crippen molar-refractivity contribution < 1.29 is 38.1 Å². The van der Waals surface area contributed by atoms with Gasteiger partial charge in [-0.05, 0) is 57.3 Å². The number of anilines is 2. The van der Waals surface area contributed by atoms with Crippen LogP contribution < -0.4 is 31.6 Å². The molecule has 0 aromatic heterocycles. The molecule has 0 aliphatic carbocycles. The van der Waals surface area contributed by atoms with Gasteiger partial charge in [0.05, 0.1) is 35.6 Å². The summed E-state index contributed by atoms with van der Waals surface area (Å²) in [5.74, 6) is -0.590. The number of hydrogen-bond donors (Lipinski definition) is 4. The Hall–Kier alpha value is -3.98. The van der Waals surface area contributed by atoms with E-state index in [9.17, 15) is 19.2 Å². The molecule has 280 valence electrons. The fraction of sp³-hybridized carbons (Fsp3) is 0.543. The normalized spacial score (nSPS) is 15.9. The van der Waals surface area contributed by atoms with Gasteiger partial charge in [0.15, 0.2) is 0 Å². The molecule has 2 saturated heterocycles. The predicted molar refractivity (Wildman–Crippen MR) is 194 cm³/mol. The van der Waals surface area contributed by atoms with Crippen molar-refractivity contribution in [1.82, 2.24) is 20.4 Å². The number of ether oxygens (including phenoxy) is 4. The summed E-state index contributed by atoms with van der Waals surface area (Å²) in [6.07, 6.45) is 3.89. The van der Waals surface area contributed by atoms with Crippen LogP contribution >= 0.6 is 23.2 Å². The molecule has 0 radical (unpaired) electrons. The monoisotopic (exact) mass is 750 g/mol. The summed E-state index contributed by atoms with van der Waals surface area (Å²) in [6, 6.07) is 5.94. The molecular weight excluding hydrogens is 703 g/mol. The number of benzene rings is 2. The summed E-state index contributed by atoms with van der Waals surface area (Å²) < 4.78 is 21.3. The summed E-state index contributed by atoms with van der Waals surface area (Å²) in [6.45, 7) is 4.93. The van der Waals surface area contributed by atoms with Crippen molar-refractivity contribution in [2.24, 2.45) is 5.92 Å². The maximum atomic E-state index is 12.7. The number of nitrogens with one attached hydrogen (secondary N) is 2. The van der Waals surface area contributed by atoms with Gasteiger partial charge in [0.25, 0.3) is 0 Å². The van der Waals surface area contributed by atoms with Gasteiger partial charge in [0.2, 0.25) is 11.8 Å². The van der Waals surface area contributed by atoms with E-state index in [-0.39, 0.29) is 58.2 Å². The number of rotatable bonds is 16. The molecule has 2 aromatic rings. The molecule has 2 aromatic carbocycles. The number of halogens is 2. The van der Waals surface area contributed by atoms with Crippen LogP contribution in [0.2, 0.25) is 10.0 Å². The second-order valence-corrected chi connectivity index (χ2v) is 13.4. The fourth-order valence-electron chi connectivity index (χ4n) is 6.11. The van der Waals surface area contributed by atoms with Crippen LogP contribution in [0.3, 0.4) is 0 Å². The van der Waals surface area contributed by atoms with Crippen molar-refractivity contribution in [3.05, 3.63) is 45.4 Å². The van der Waals surface area contributed by atoms with Crippen molar-refractivity contribution in [2.45, 2.75) is 44.6 Å². The molecular formula is C35H48Cl2N6O8. The van der Waals surface area contributed by atoms with E-state index in [0.29, 0.717) is 81.3 Å². The maximum absolute atomic E-state index is 12.7. The van der Waals surface area contributed by atoms with Gasteiger partial charge in [-0.25, -0.2) is 9.59 Å². The van der Waals surface area contributed by atoms with Gasteiger partial charge in [-0.2, -0.15) is 0 Å². The minimum absolute atomic E-state index is 0.00302. The Morgan fingerprint density at radius 1 is 0.765 bits per heavy atom. The van der Waals surface area contributed by atoms with Crippen LogP contribution in [0, 0.1) is 5.92 Å². The lowest BCUT2D eigenvalue weighted by Gasteiger charge is -2.32. The number of carbonyl (C=O) groups excluding carboxylic acids is 4. The molecule has 0 atom stereocenters. The molecule has 4 rings (SSSR count). The summed E-state index contributed by atoms with van der Waals surface area (Å²) in [5.41, 5.74) is 12.6. The number of nitrogens with two attached hydrogens (primary N) is 2. The Morgan fingerprint density at radius 3 is 1.71 bits per heavy atom. The van der Waals surface area contributed by atoms with E-state index < -0.39 is 11.9 Å². The van der Waals surface area contributed by atoms with Crippen molar-refractivity contribution in [1.29, 1.82) is 0 Å². The highest BCUT2D eigenvalue weighted by Gasteiger charge is 2.26. The third kappa shape index (κ3) is 11.8. The molecule has 2 fully saturated rings. The zero-order valence-electron chi connectivity index (χ0n) is 29.1. The molecule has 51 heavy (non-hydrogen) atoms. The number of nitrogens with zero attached hydrogens (tertiary/aromatic N) is 2. The van der Waals surface area contributed by atoms with E-state index in [1.807, 2.05) is 0 Å². The first-order valence-corrected chi connectivity index (χ1v) is 17.9. The molecule has 2 heterocycles. The van der Waals surface area contributed by atoms with Crippen LogP contribution in [-0.2, 0) is 19.1 Å². The van der Waals surface area contributed by atoms with E-state index in [0.717, 1.165) is 25.9 Å². The Balaban J connectivity index is 1.03. The fourth-order valence-corrected chi connectivity index (χ4v) is 6.44. The van der Waals surface area contributed by atoms with Crippen molar-refractivity contribution in [3.63, 3.8) is 0 Å². The highest BCUT2D eigenvalue weighted by molar-refractivity contribution is 6.34. The molecule has 2 aliphatic rings. The second-order valence-electron chi connectivity index (χ2n) is 12.6. The van der Waals surface area contributed by atoms with Gasteiger partial charge in [0.1, 0.15) is 35.8 Å². The second kappa shape index (κ2) is 19.6. The first-order chi connectivity index (χ1) is 24.5. The molecule has 0 spiro atoms. The zero-order valence-corrected chi connectivity index (χ0v) is 30.7. The lowest BCUT2D eigenvalue weighted by Crippen LogP contribution is -2.45. The lowest BCUT2D eigenvalue weighted by atomic mass is 9.96. The van der Waals surface area contributed by atoms with E-state index >= 15 is 0 Å². The third-order valence-electron chi connectivity index (χ3n) is 9.15. The van der Waals surface area contributed by atoms with Gasteiger partial charge in [-0.15, -0.1) is 0 Å². The molecule has 6 N–H and O–H groups in total. The SMILES string of the molecule is COc1cc(N)c(Cl)cc1C(=O)OCCN1CCC(NC(=O)CCCNC(=O)C2CCN(CCOC(=O)c3cc(Cl)c(N)cc3OC)CC2)CC1. The smallest absolute Gasteiger partial charge is 0.342 e. The summed E-state index contributed by atoms with van der Waals surface area (Å²) in [5, 5.41) is 6.59. The van der Waals surface area contributed by atoms with E-state index in [1.54, 1.807) is 0 Å². The van der Waals surface area contributed by atoms with Crippen molar-refractivity contribution >= 4 is 58.3 Å². The average Bonchev–Trinajstić information content (AvgIpc) is 3.12. The molecule has 14 nitrogen and oxygen atoms in total. The molecule has 0 unspecified atom stereocenters. The van der Waals surface area contributed by atoms with Crippen LogP contribution in [0.1, 0.15) is 59.2 Å². The highest BCUT2D eigenvalue weighted by Crippen LogP contribution is 2.30. The number of likely N-dealkylation sites (tertiary alicyclic amines) is 2. The van der Waals surface area contributed by atoms with Crippen molar-refractivity contribution in [2.75, 3.05) is 84.7 Å². The van der Waals surface area contributed by atoms with E-state index in [1.165, 1.54) is 38.5 Å². The molecule has 2 amide bonds. The number of nitrogen functional groups attached to an aromatic ring is 2. The van der Waals surface area contributed by atoms with Crippen LogP contribution in [0.4, 0.5) is 11.4 Å². The standard InChI is InChI=1S/C35H48Cl2N6O8/c1-48-30-20-28(38)26(36)18-24(30)34(46)50-16-14-42-10-5-22(6-11-42)33(45)40-9-3-4-32(44)41-23-7-12-43(13-8-23)15-17-51-35(47)25-19-27(37)29(39)21-31(25)49-2/h18-23H,3-17,38-39H2,1-2H3,(H,40,45)(H,41,44). The van der Waals surface area contributed by atoms with E-state index in [4.69, 9.17) is 53.6 Å². The van der Waals surface area contributed by atoms with Gasteiger partial charge < -0.3 is 41.0 Å². The lowest BCUT2D eigenvalue weighted by molar-refractivity contribution is -0.127. The third-order valence-corrected chi connectivity index (χ3v) is 9.80. The molecule has 2 aliphatic heterocycles. The van der Waals surface area contributed by atoms with Crippen LogP contribution in [0.25, 0.3) is 0 Å². The quantitative estimate of drug-likeness (QED) is 0.111. The summed E-state index contributed by atoms with van der Waals surface area (Å²) in [4.78, 5) is 54.7. The van der Waals surface area contributed by atoms with E-state index in [2.05, 4.69) is 20.4 Å². The summed E-state index contributed by atoms with van der Waals surface area (Å²) in [7, 11) is 2.89. The zero-order chi connectivity index (χ0) is 36.9. The number of hydrogen-bond acceptors (Lipinski definition) is 12. The average molecular weight is 752 g/mol. The largest absolute Gasteiger partial charge is 0.496 e. The Labute approximate surface area is 308 Å². The van der Waals surface area contributed by atoms with Gasteiger partial charge >= 0.3 is 11.9 Å². The number of esters is 2. The predicted octanol–water partition coefficient (Wildman–Crippen LogP) is 3.38. The molecule has 0 saturated carbocycles. The number of piperidine rings is 2. The number of carbonyl (C=O) groups is 4. The van der Waals surface area contributed by atoms with Gasteiger partial charge in [0, 0.05) is 63.2 Å². The van der Waals surface area contributed by atoms with Crippen LogP contribution in [0.15, 0.2) is 24.3 Å². The Kier molecular flexibility index (Phi) is 15.3. The first kappa shape index (κ1) is 39.8. The maximum Gasteiger partial charge on any atom is 0.342 e. The minimum atomic E-state index is -0.542. The minimum Gasteiger partial charge on any atom is -0.496 e. The Morgan fingerprint density at radius 2 is 1.24 bits per heavy atom. The van der Waals surface area contributed by atoms with Crippen molar-refractivity contribution in [3.8, 4) is 11.5 Å². The van der Waals surface area contributed by atoms with Crippen LogP contribution in [0.5, 0.6) is 11.5 Å². The Bertz CT molecular complexity index is 1530. The summed E-state index contributed by atoms with van der Waals surface area (Å²) >= 11 is 12.1. The van der Waals surface area contributed by atoms with Crippen LogP contribution in [-0.4, -0.2) is 113 Å². The highest BCUT2D eigenvalue weighted by atomic mass is 35.5. The number of amides is 2. The topological polar surface area (TPSA) is 188 Å². The number of methoxy groups -OCH3 is 2.